The number of morpholine rings is 1. The van der Waals surface area contributed by atoms with Crippen LogP contribution < -0.4 is 4.90 Å². The van der Waals surface area contributed by atoms with E-state index in [9.17, 15) is 0 Å². The number of ether oxygens (including phenoxy) is 1. The van der Waals surface area contributed by atoms with Crippen LogP contribution in [0.2, 0.25) is 0 Å². The predicted molar refractivity (Wildman–Crippen MR) is 104 cm³/mol. The van der Waals surface area contributed by atoms with Crippen LogP contribution in [0.15, 0.2) is 54.6 Å². The van der Waals surface area contributed by atoms with Crippen molar-refractivity contribution < 1.29 is 9.64 Å². The Morgan fingerprint density at radius 1 is 1.08 bits per heavy atom. The van der Waals surface area contributed by atoms with Gasteiger partial charge in [0.15, 0.2) is 12.5 Å². The molecule has 3 aromatic rings. The molecule has 1 saturated heterocycles. The van der Waals surface area contributed by atoms with Gasteiger partial charge in [-0.2, -0.15) is 4.68 Å². The summed E-state index contributed by atoms with van der Waals surface area (Å²) >= 11 is 5.83. The molecule has 6 heteroatoms. The van der Waals surface area contributed by atoms with Gasteiger partial charge in [0.1, 0.15) is 13.1 Å². The van der Waals surface area contributed by atoms with E-state index in [0.717, 1.165) is 54.8 Å². The summed E-state index contributed by atoms with van der Waals surface area (Å²) in [4.78, 5) is 1.45. The number of nitrogens with one attached hydrogen (secondary N) is 1. The lowest BCUT2D eigenvalue weighted by Crippen LogP contribution is -3.13. The summed E-state index contributed by atoms with van der Waals surface area (Å²) in [5.74, 6) is 0.883. The topological polar surface area (TPSA) is 36.4 Å². The first-order valence-corrected chi connectivity index (χ1v) is 9.37. The van der Waals surface area contributed by atoms with E-state index in [1.165, 1.54) is 10.5 Å². The summed E-state index contributed by atoms with van der Waals surface area (Å²) in [6.07, 6.45) is 0. The highest BCUT2D eigenvalue weighted by atomic mass is 32.1. The second kappa shape index (κ2) is 7.53. The fourth-order valence-corrected chi connectivity index (χ4v) is 3.61. The van der Waals surface area contributed by atoms with Gasteiger partial charge in [-0.1, -0.05) is 42.5 Å². The Labute approximate surface area is 158 Å². The zero-order valence-electron chi connectivity index (χ0n) is 14.9. The monoisotopic (exact) mass is 367 g/mol. The molecule has 1 aliphatic heterocycles. The molecule has 0 bridgehead atoms. The van der Waals surface area contributed by atoms with Gasteiger partial charge in [0.25, 0.3) is 0 Å². The van der Waals surface area contributed by atoms with E-state index in [2.05, 4.69) is 47.9 Å². The van der Waals surface area contributed by atoms with Crippen LogP contribution in [0.4, 0.5) is 0 Å². The van der Waals surface area contributed by atoms with Crippen LogP contribution in [0.5, 0.6) is 0 Å². The van der Waals surface area contributed by atoms with Crippen molar-refractivity contribution in [2.45, 2.75) is 13.6 Å². The Morgan fingerprint density at radius 2 is 1.85 bits per heavy atom. The molecule has 0 aliphatic carbocycles. The van der Waals surface area contributed by atoms with Crippen molar-refractivity contribution >= 4 is 12.2 Å². The highest BCUT2D eigenvalue weighted by molar-refractivity contribution is 7.71. The zero-order valence-corrected chi connectivity index (χ0v) is 15.7. The van der Waals surface area contributed by atoms with Crippen molar-refractivity contribution in [2.75, 3.05) is 26.3 Å². The van der Waals surface area contributed by atoms with E-state index in [4.69, 9.17) is 22.1 Å². The standard InChI is InChI=1S/C20H22N4OS/c1-16-6-5-9-18(14-16)24-19(17-7-3-2-4-8-17)21-23(20(24)26)15-22-10-12-25-13-11-22/h2-9,14H,10-13,15H2,1H3/p+1. The van der Waals surface area contributed by atoms with E-state index < -0.39 is 0 Å². The van der Waals surface area contributed by atoms with Gasteiger partial charge in [-0.05, 0) is 36.8 Å². The van der Waals surface area contributed by atoms with Crippen molar-refractivity contribution in [1.82, 2.24) is 14.3 Å². The number of aryl methyl sites for hydroxylation is 1. The molecule has 4 rings (SSSR count). The van der Waals surface area contributed by atoms with Gasteiger partial charge < -0.3 is 9.64 Å². The normalized spacial score (nSPS) is 15.3. The number of hydrogen-bond acceptors (Lipinski definition) is 3. The minimum absolute atomic E-state index is 0.730. The molecule has 0 amide bonds. The van der Waals surface area contributed by atoms with E-state index >= 15 is 0 Å². The maximum absolute atomic E-state index is 5.83. The average Bonchev–Trinajstić information content (AvgIpc) is 3.00. The van der Waals surface area contributed by atoms with Crippen LogP contribution in [0.25, 0.3) is 17.1 Å². The molecule has 1 aliphatic rings. The number of rotatable bonds is 4. The lowest BCUT2D eigenvalue weighted by Gasteiger charge is -2.23. The molecule has 5 nitrogen and oxygen atoms in total. The minimum atomic E-state index is 0.730. The molecular weight excluding hydrogens is 344 g/mol. The lowest BCUT2D eigenvalue weighted by atomic mass is 10.2. The van der Waals surface area contributed by atoms with Crippen molar-refractivity contribution in [1.29, 1.82) is 0 Å². The maximum atomic E-state index is 5.83. The van der Waals surface area contributed by atoms with Crippen molar-refractivity contribution in [3.63, 3.8) is 0 Å². The first-order valence-electron chi connectivity index (χ1n) is 8.96. The first kappa shape index (κ1) is 17.1. The quantitative estimate of drug-likeness (QED) is 0.719. The number of quaternary nitrogens is 1. The van der Waals surface area contributed by atoms with E-state index in [1.807, 2.05) is 22.9 Å². The third-order valence-electron chi connectivity index (χ3n) is 4.70. The number of benzene rings is 2. The molecule has 1 N–H and O–H groups in total. The molecule has 0 radical (unpaired) electrons. The Balaban J connectivity index is 1.81. The highest BCUT2D eigenvalue weighted by Gasteiger charge is 2.19. The molecule has 1 fully saturated rings. The molecular formula is C20H23N4OS+. The summed E-state index contributed by atoms with van der Waals surface area (Å²) < 4.78 is 10.2. The van der Waals surface area contributed by atoms with E-state index in [1.54, 1.807) is 0 Å². The molecule has 1 aromatic heterocycles. The highest BCUT2D eigenvalue weighted by Crippen LogP contribution is 2.22. The van der Waals surface area contributed by atoms with E-state index in [-0.39, 0.29) is 0 Å². The molecule has 2 aromatic carbocycles. The van der Waals surface area contributed by atoms with Crippen molar-refractivity contribution in [3.8, 4) is 17.1 Å². The lowest BCUT2D eigenvalue weighted by molar-refractivity contribution is -0.930. The fraction of sp³-hybridized carbons (Fsp3) is 0.300. The second-order valence-corrected chi connectivity index (χ2v) is 7.03. The Kier molecular flexibility index (Phi) is 4.97. The minimum Gasteiger partial charge on any atom is -0.370 e. The third-order valence-corrected chi connectivity index (χ3v) is 5.10. The molecule has 134 valence electrons. The predicted octanol–water partition coefficient (Wildman–Crippen LogP) is 2.25. The van der Waals surface area contributed by atoms with Crippen LogP contribution in [-0.4, -0.2) is 40.7 Å². The van der Waals surface area contributed by atoms with Crippen LogP contribution in [0.3, 0.4) is 0 Å². The summed E-state index contributed by atoms with van der Waals surface area (Å²) in [5.41, 5.74) is 3.32. The SMILES string of the molecule is Cc1cccc(-n2c(-c3ccccc3)nn(C[NH+]3CCOCC3)c2=S)c1. The largest absolute Gasteiger partial charge is 0.370 e. The average molecular weight is 367 g/mol. The van der Waals surface area contributed by atoms with Gasteiger partial charge in [-0.15, -0.1) is 5.10 Å². The van der Waals surface area contributed by atoms with Gasteiger partial charge in [0.05, 0.1) is 18.9 Å². The van der Waals surface area contributed by atoms with Crippen LogP contribution in [-0.2, 0) is 11.4 Å². The van der Waals surface area contributed by atoms with Crippen LogP contribution in [0.1, 0.15) is 5.56 Å². The van der Waals surface area contributed by atoms with E-state index in [0.29, 0.717) is 0 Å². The summed E-state index contributed by atoms with van der Waals surface area (Å²) in [6, 6.07) is 18.6. The smallest absolute Gasteiger partial charge is 0.207 e. The summed E-state index contributed by atoms with van der Waals surface area (Å²) in [6.45, 7) is 6.43. The Hall–Kier alpha value is -2.28. The van der Waals surface area contributed by atoms with Gasteiger partial charge in [0, 0.05) is 5.56 Å². The number of nitrogens with zero attached hydrogens (tertiary/aromatic N) is 3. The molecule has 26 heavy (non-hydrogen) atoms. The Morgan fingerprint density at radius 3 is 2.58 bits per heavy atom. The van der Waals surface area contributed by atoms with Crippen LogP contribution in [0, 0.1) is 11.7 Å². The molecule has 0 unspecified atom stereocenters. The number of aromatic nitrogens is 3. The summed E-state index contributed by atoms with van der Waals surface area (Å²) in [5, 5.41) is 4.89. The van der Waals surface area contributed by atoms with Gasteiger partial charge in [-0.3, -0.25) is 4.57 Å². The van der Waals surface area contributed by atoms with Crippen molar-refractivity contribution in [2.24, 2.45) is 0 Å². The maximum Gasteiger partial charge on any atom is 0.207 e. The van der Waals surface area contributed by atoms with Crippen LogP contribution >= 0.6 is 12.2 Å². The van der Waals surface area contributed by atoms with Gasteiger partial charge in [-0.25, -0.2) is 0 Å². The van der Waals surface area contributed by atoms with Crippen molar-refractivity contribution in [3.05, 3.63) is 64.9 Å². The fourth-order valence-electron chi connectivity index (χ4n) is 3.31. The summed E-state index contributed by atoms with van der Waals surface area (Å²) in [7, 11) is 0. The van der Waals surface area contributed by atoms with Gasteiger partial charge in [0.2, 0.25) is 4.77 Å². The molecule has 0 saturated carbocycles. The number of hydrogen-bond donors (Lipinski definition) is 1. The third kappa shape index (κ3) is 3.49. The Bertz CT molecular complexity index is 942. The first-order chi connectivity index (χ1) is 12.7. The molecule has 0 atom stereocenters. The second-order valence-electron chi connectivity index (χ2n) is 6.67. The molecule has 2 heterocycles. The van der Waals surface area contributed by atoms with Gasteiger partial charge >= 0.3 is 0 Å². The zero-order chi connectivity index (χ0) is 17.9. The molecule has 0 spiro atoms.